The Kier molecular flexibility index (Phi) is 3.69. The van der Waals surface area contributed by atoms with Gasteiger partial charge in [-0.15, -0.1) is 0 Å². The van der Waals surface area contributed by atoms with Crippen LogP contribution in [0.2, 0.25) is 0 Å². The maximum absolute atomic E-state index is 10.9. The molecule has 0 radical (unpaired) electrons. The van der Waals surface area contributed by atoms with Crippen molar-refractivity contribution in [2.24, 2.45) is 5.92 Å². The molecule has 2 atom stereocenters. The summed E-state index contributed by atoms with van der Waals surface area (Å²) >= 11 is 1.48. The van der Waals surface area contributed by atoms with Crippen LogP contribution in [0.3, 0.4) is 0 Å². The number of hydrogen-bond acceptors (Lipinski definition) is 4. The summed E-state index contributed by atoms with van der Waals surface area (Å²) in [5.41, 5.74) is 0. The molecule has 0 spiro atoms. The normalized spacial score (nSPS) is 36.5. The lowest BCUT2D eigenvalue weighted by molar-refractivity contribution is -0.109. The number of rotatable bonds is 2. The van der Waals surface area contributed by atoms with E-state index >= 15 is 0 Å². The van der Waals surface area contributed by atoms with Gasteiger partial charge in [0.2, 0.25) is 0 Å². The third-order valence-electron chi connectivity index (χ3n) is 3.51. The lowest BCUT2D eigenvalue weighted by Gasteiger charge is -2.46. The molecule has 0 amide bonds. The Balaban J connectivity index is 1.87. The van der Waals surface area contributed by atoms with Crippen LogP contribution in [0.4, 0.5) is 0 Å². The first-order valence-corrected chi connectivity index (χ1v) is 6.58. The molecule has 2 aliphatic heterocycles. The van der Waals surface area contributed by atoms with Gasteiger partial charge in [0.25, 0.3) is 0 Å². The van der Waals surface area contributed by atoms with Gasteiger partial charge in [-0.05, 0) is 25.8 Å². The second-order valence-corrected chi connectivity index (χ2v) is 5.85. The van der Waals surface area contributed by atoms with E-state index in [1.165, 1.54) is 24.6 Å². The van der Waals surface area contributed by atoms with Gasteiger partial charge >= 0.3 is 0 Å². The van der Waals surface area contributed by atoms with Crippen molar-refractivity contribution < 1.29 is 9.53 Å². The molecule has 0 aliphatic carbocycles. The van der Waals surface area contributed by atoms with E-state index < -0.39 is 0 Å². The minimum absolute atomic E-state index is 0.246. The smallest absolute Gasteiger partial charge is 0.185 e. The van der Waals surface area contributed by atoms with Gasteiger partial charge in [0.1, 0.15) is 0 Å². The minimum atomic E-state index is 0.246. The maximum atomic E-state index is 10.9. The monoisotopic (exact) mass is 229 g/mol. The number of carbonyl (C=O) groups is 1. The molecular formula is C11H19NO2S. The van der Waals surface area contributed by atoms with E-state index in [-0.39, 0.29) is 5.12 Å². The van der Waals surface area contributed by atoms with Gasteiger partial charge in [-0.3, -0.25) is 9.69 Å². The molecule has 2 saturated heterocycles. The van der Waals surface area contributed by atoms with Crippen molar-refractivity contribution in [1.29, 1.82) is 0 Å². The van der Waals surface area contributed by atoms with Crippen LogP contribution in [-0.2, 0) is 9.53 Å². The number of likely N-dealkylation sites (N-methyl/N-ethyl adjacent to an activating group) is 1. The van der Waals surface area contributed by atoms with Crippen molar-refractivity contribution in [3.8, 4) is 0 Å². The molecule has 0 saturated carbocycles. The van der Waals surface area contributed by atoms with E-state index in [1.54, 1.807) is 6.92 Å². The minimum Gasteiger partial charge on any atom is -0.378 e. The highest BCUT2D eigenvalue weighted by Crippen LogP contribution is 2.32. The molecule has 2 bridgehead atoms. The summed E-state index contributed by atoms with van der Waals surface area (Å²) in [6, 6.07) is 1.16. The SMILES string of the molecule is CC(=O)SCC1CC2COCC(C1)N2C. The summed E-state index contributed by atoms with van der Waals surface area (Å²) in [6.07, 6.45) is 2.38. The fourth-order valence-corrected chi connectivity index (χ4v) is 3.32. The fraction of sp³-hybridized carbons (Fsp3) is 0.909. The van der Waals surface area contributed by atoms with Crippen LogP contribution >= 0.6 is 11.8 Å². The number of fused-ring (bicyclic) bond motifs is 2. The van der Waals surface area contributed by atoms with Crippen LogP contribution in [0.1, 0.15) is 19.8 Å². The molecule has 86 valence electrons. The first-order chi connectivity index (χ1) is 7.16. The van der Waals surface area contributed by atoms with Gasteiger partial charge in [-0.1, -0.05) is 11.8 Å². The Morgan fingerprint density at radius 2 is 2.00 bits per heavy atom. The zero-order chi connectivity index (χ0) is 10.8. The predicted octanol–water partition coefficient (Wildman–Crippen LogP) is 1.38. The first-order valence-electron chi connectivity index (χ1n) is 5.60. The molecule has 2 fully saturated rings. The van der Waals surface area contributed by atoms with E-state index in [1.807, 2.05) is 0 Å². The van der Waals surface area contributed by atoms with Crippen molar-refractivity contribution >= 4 is 16.9 Å². The molecule has 2 unspecified atom stereocenters. The standard InChI is InChI=1S/C11H19NO2S/c1-8(13)15-7-9-3-10-5-14-6-11(4-9)12(10)2/h9-11H,3-7H2,1-2H3. The van der Waals surface area contributed by atoms with Gasteiger partial charge in [0, 0.05) is 24.8 Å². The maximum Gasteiger partial charge on any atom is 0.185 e. The predicted molar refractivity (Wildman–Crippen MR) is 62.0 cm³/mol. The Morgan fingerprint density at radius 3 is 2.53 bits per heavy atom. The van der Waals surface area contributed by atoms with Gasteiger partial charge in [0.15, 0.2) is 5.12 Å². The highest BCUT2D eigenvalue weighted by molar-refractivity contribution is 8.13. The molecule has 3 nitrogen and oxygen atoms in total. The summed E-state index contributed by atoms with van der Waals surface area (Å²) in [6.45, 7) is 3.39. The molecule has 2 aliphatic rings. The molecule has 0 aromatic heterocycles. The quantitative estimate of drug-likeness (QED) is 0.715. The number of nitrogens with zero attached hydrogens (tertiary/aromatic N) is 1. The number of carbonyl (C=O) groups excluding carboxylic acids is 1. The van der Waals surface area contributed by atoms with Crippen molar-refractivity contribution in [3.63, 3.8) is 0 Å². The highest BCUT2D eigenvalue weighted by atomic mass is 32.2. The van der Waals surface area contributed by atoms with Crippen LogP contribution in [0, 0.1) is 5.92 Å². The molecule has 2 heterocycles. The van der Waals surface area contributed by atoms with Gasteiger partial charge < -0.3 is 4.74 Å². The first kappa shape index (κ1) is 11.4. The van der Waals surface area contributed by atoms with Gasteiger partial charge in [-0.2, -0.15) is 0 Å². The van der Waals surface area contributed by atoms with Crippen molar-refractivity contribution in [3.05, 3.63) is 0 Å². The van der Waals surface area contributed by atoms with Crippen LogP contribution in [0.25, 0.3) is 0 Å². The average molecular weight is 229 g/mol. The highest BCUT2D eigenvalue weighted by Gasteiger charge is 2.36. The third-order valence-corrected chi connectivity index (χ3v) is 4.55. The molecule has 0 aromatic carbocycles. The topological polar surface area (TPSA) is 29.5 Å². The number of ether oxygens (including phenoxy) is 1. The number of morpholine rings is 1. The summed E-state index contributed by atoms with van der Waals surface area (Å²) in [5, 5.41) is 0.246. The second kappa shape index (κ2) is 4.85. The molecule has 4 heteroatoms. The van der Waals surface area contributed by atoms with E-state index in [4.69, 9.17) is 4.74 Å². The van der Waals surface area contributed by atoms with E-state index in [0.29, 0.717) is 18.0 Å². The number of hydrogen-bond donors (Lipinski definition) is 0. The van der Waals surface area contributed by atoms with E-state index in [9.17, 15) is 4.79 Å². The Morgan fingerprint density at radius 1 is 1.40 bits per heavy atom. The van der Waals surface area contributed by atoms with Crippen LogP contribution in [0.5, 0.6) is 0 Å². The van der Waals surface area contributed by atoms with E-state index in [0.717, 1.165) is 19.0 Å². The third kappa shape index (κ3) is 2.74. The zero-order valence-electron chi connectivity index (χ0n) is 9.44. The fourth-order valence-electron chi connectivity index (χ4n) is 2.58. The Bertz CT molecular complexity index is 233. The molecule has 15 heavy (non-hydrogen) atoms. The van der Waals surface area contributed by atoms with Gasteiger partial charge in [0.05, 0.1) is 13.2 Å². The summed E-state index contributed by atoms with van der Waals surface area (Å²) in [4.78, 5) is 13.4. The summed E-state index contributed by atoms with van der Waals surface area (Å²) in [5.74, 6) is 1.70. The Labute approximate surface area is 95.5 Å². The summed E-state index contributed by atoms with van der Waals surface area (Å²) < 4.78 is 5.57. The Hall–Kier alpha value is -0.0600. The number of thioether (sulfide) groups is 1. The molecule has 0 aromatic rings. The lowest BCUT2D eigenvalue weighted by Crippen LogP contribution is -2.55. The molecule has 2 rings (SSSR count). The average Bonchev–Trinajstić information content (AvgIpc) is 2.15. The van der Waals surface area contributed by atoms with Crippen LogP contribution in [-0.4, -0.2) is 48.1 Å². The lowest BCUT2D eigenvalue weighted by atomic mass is 9.87. The zero-order valence-corrected chi connectivity index (χ0v) is 10.3. The summed E-state index contributed by atoms with van der Waals surface area (Å²) in [7, 11) is 2.20. The van der Waals surface area contributed by atoms with Gasteiger partial charge in [-0.25, -0.2) is 0 Å². The second-order valence-electron chi connectivity index (χ2n) is 4.65. The van der Waals surface area contributed by atoms with Crippen molar-refractivity contribution in [2.45, 2.75) is 31.8 Å². The largest absolute Gasteiger partial charge is 0.378 e. The number of piperidine rings is 1. The molecule has 0 N–H and O–H groups in total. The van der Waals surface area contributed by atoms with Crippen molar-refractivity contribution in [1.82, 2.24) is 4.90 Å². The van der Waals surface area contributed by atoms with Crippen LogP contribution in [0.15, 0.2) is 0 Å². The van der Waals surface area contributed by atoms with Crippen molar-refractivity contribution in [2.75, 3.05) is 26.0 Å². The molecular weight excluding hydrogens is 210 g/mol. The van der Waals surface area contributed by atoms with Crippen LogP contribution < -0.4 is 0 Å². The van der Waals surface area contributed by atoms with E-state index in [2.05, 4.69) is 11.9 Å².